The summed E-state index contributed by atoms with van der Waals surface area (Å²) in [6.07, 6.45) is -18.1. The lowest BCUT2D eigenvalue weighted by molar-refractivity contribution is -0.0645. The minimum absolute atomic E-state index is 0.00573. The van der Waals surface area contributed by atoms with Crippen molar-refractivity contribution >= 4 is 77.2 Å². The van der Waals surface area contributed by atoms with Crippen molar-refractivity contribution in [2.24, 2.45) is 0 Å². The Morgan fingerprint density at radius 3 is 1.25 bits per heavy atom. The zero-order chi connectivity index (χ0) is 70.8. The highest BCUT2D eigenvalue weighted by Crippen LogP contribution is 2.55. The number of rotatable bonds is 26. The Hall–Kier alpha value is -7.50. The van der Waals surface area contributed by atoms with E-state index in [9.17, 15) is 76.8 Å². The van der Waals surface area contributed by atoms with Crippen LogP contribution >= 0.6 is 31.3 Å². The molecular weight excluding hydrogens is 1420 g/mol. The maximum Gasteiger partial charge on any atom is 0.472 e. The van der Waals surface area contributed by atoms with E-state index in [0.717, 1.165) is 26.2 Å². The lowest BCUT2D eigenvalue weighted by Gasteiger charge is -2.25. The van der Waals surface area contributed by atoms with Crippen LogP contribution in [0.5, 0.6) is 0 Å². The van der Waals surface area contributed by atoms with Crippen molar-refractivity contribution in [2.45, 2.75) is 131 Å². The van der Waals surface area contributed by atoms with Gasteiger partial charge in [-0.1, -0.05) is 0 Å². The van der Waals surface area contributed by atoms with Gasteiger partial charge in [0, 0.05) is 56.3 Å². The molecule has 0 radical (unpaired) electrons. The summed E-state index contributed by atoms with van der Waals surface area (Å²) in [5.41, 5.74) is 17.2. The third kappa shape index (κ3) is 16.0. The van der Waals surface area contributed by atoms with Crippen LogP contribution in [0.3, 0.4) is 0 Å². The van der Waals surface area contributed by atoms with Crippen molar-refractivity contribution < 1.29 is 108 Å². The number of nitrogens with two attached hydrogens (primary N) is 4. The van der Waals surface area contributed by atoms with Crippen LogP contribution in [0.4, 0.5) is 23.5 Å². The number of anilines is 4. The first-order valence-corrected chi connectivity index (χ1v) is 35.4. The molecule has 5 aliphatic heterocycles. The van der Waals surface area contributed by atoms with Gasteiger partial charge in [-0.05, 0) is 19.1 Å². The molecule has 0 aliphatic carbocycles. The highest BCUT2D eigenvalue weighted by molar-refractivity contribution is 7.48. The van der Waals surface area contributed by atoms with Crippen molar-refractivity contribution in [3.8, 4) is 0 Å². The molecule has 7 aromatic heterocycles. The Labute approximate surface area is 549 Å². The van der Waals surface area contributed by atoms with Gasteiger partial charge in [0.25, 0.3) is 16.7 Å². The zero-order valence-electron chi connectivity index (χ0n) is 50.9. The lowest BCUT2D eigenvalue weighted by atomic mass is 10.2. The molecule has 5 fully saturated rings. The summed E-state index contributed by atoms with van der Waals surface area (Å²) in [6.45, 7) is -3.38. The number of aromatic amines is 3. The zero-order valence-corrected chi connectivity index (χ0v) is 54.4. The molecule has 0 spiro atoms. The second kappa shape index (κ2) is 28.1. The molecule has 51 heteroatoms. The van der Waals surface area contributed by atoms with Crippen molar-refractivity contribution in [1.82, 2.24) is 67.7 Å². The van der Waals surface area contributed by atoms with Crippen molar-refractivity contribution in [2.75, 3.05) is 56.0 Å². The van der Waals surface area contributed by atoms with E-state index in [-0.39, 0.29) is 64.3 Å². The van der Waals surface area contributed by atoms with Crippen LogP contribution < -0.4 is 56.7 Å². The van der Waals surface area contributed by atoms with Crippen LogP contribution in [0, 0.1) is 6.92 Å². The molecule has 0 bridgehead atoms. The van der Waals surface area contributed by atoms with Crippen LogP contribution in [0.1, 0.15) is 68.8 Å². The molecule has 4 unspecified atom stereocenters. The predicted octanol–water partition coefficient (Wildman–Crippen LogP) is -3.25. The molecule has 5 aliphatic rings. The molecular formula is C48H62N18O29P4. The molecule has 0 saturated carbocycles. The molecule has 7 aromatic rings. The smallest absolute Gasteiger partial charge is 0.394 e. The van der Waals surface area contributed by atoms with Crippen molar-refractivity contribution in [1.29, 1.82) is 0 Å². The monoisotopic (exact) mass is 1480 g/mol. The van der Waals surface area contributed by atoms with Crippen LogP contribution in [-0.2, 0) is 78.1 Å². The van der Waals surface area contributed by atoms with Crippen LogP contribution in [0.2, 0.25) is 0 Å². The Balaban J connectivity index is 0.735. The molecule has 19 atom stereocenters. The number of aryl methyl sites for hydroxylation is 1. The average Bonchev–Trinajstić information content (AvgIpc) is 1.64. The van der Waals surface area contributed by atoms with E-state index in [1.54, 1.807) is 0 Å². The van der Waals surface area contributed by atoms with Gasteiger partial charge in [-0.2, -0.15) is 19.9 Å². The SMILES string of the molecule is Cc1cn([C@H]2C[C@H](OP(=O)(O)OC[C@H]3O[C@@H](n4ccc(N)nc4=O)C[C@@H]3OP(=O)(O)OC[C@H]3O[C@@H](n4cnc5c(=O)[nH]c(N)nc54)C[C@@H]3O)[C@@H](COP(=O)(O)O[C@H]3C[C@H](n4cnc5c(=O)[nH]c(N)nc54)O[C@@H]3COP(=O)(O)O[C@H]3C[C@H](n4ccc(N)nc4=O)O[C@@H]3CO)O2)c(=O)[nH]c1=O. The van der Waals surface area contributed by atoms with E-state index in [2.05, 4.69) is 44.9 Å². The number of phosphoric ester groups is 4. The maximum absolute atomic E-state index is 14.2. The predicted molar refractivity (Wildman–Crippen MR) is 325 cm³/mol. The number of hydrogen-bond acceptors (Lipinski definition) is 35. The summed E-state index contributed by atoms with van der Waals surface area (Å²) in [5.74, 6) is -0.894. The minimum Gasteiger partial charge on any atom is -0.394 e. The third-order valence-electron chi connectivity index (χ3n) is 16.1. The topological polar surface area (TPSA) is 666 Å². The van der Waals surface area contributed by atoms with E-state index < -0.39 is 210 Å². The van der Waals surface area contributed by atoms with E-state index in [1.165, 1.54) is 46.9 Å². The van der Waals surface area contributed by atoms with Gasteiger partial charge in [0.1, 0.15) is 97.7 Å². The number of nitrogens with zero attached hydrogens (tertiary/aromatic N) is 11. The molecule has 17 N–H and O–H groups in total. The van der Waals surface area contributed by atoms with Gasteiger partial charge in [-0.3, -0.25) is 88.4 Å². The summed E-state index contributed by atoms with van der Waals surface area (Å²) in [5, 5.41) is 21.0. The molecule has 99 heavy (non-hydrogen) atoms. The number of nitrogen functional groups attached to an aromatic ring is 4. The molecule has 5 saturated heterocycles. The number of aliphatic hydroxyl groups excluding tert-OH is 2. The number of phosphoric acid groups is 4. The number of imidazole rings is 2. The fourth-order valence-electron chi connectivity index (χ4n) is 11.5. The molecule has 12 rings (SSSR count). The van der Waals surface area contributed by atoms with Gasteiger partial charge >= 0.3 is 48.4 Å². The number of ether oxygens (including phenoxy) is 5. The van der Waals surface area contributed by atoms with E-state index in [0.29, 0.717) is 0 Å². The minimum atomic E-state index is -5.54. The van der Waals surface area contributed by atoms with Gasteiger partial charge in [0.15, 0.2) is 22.3 Å². The highest BCUT2D eigenvalue weighted by Gasteiger charge is 2.50. The van der Waals surface area contributed by atoms with Crippen molar-refractivity contribution in [3.05, 3.63) is 111 Å². The highest BCUT2D eigenvalue weighted by atomic mass is 31.2. The third-order valence-corrected chi connectivity index (χ3v) is 20.1. The van der Waals surface area contributed by atoms with Crippen LogP contribution in [0.25, 0.3) is 22.3 Å². The second-order valence-corrected chi connectivity index (χ2v) is 28.4. The number of nitrogens with one attached hydrogen (secondary N) is 3. The summed E-state index contributed by atoms with van der Waals surface area (Å²) in [7, 11) is -21.6. The van der Waals surface area contributed by atoms with Gasteiger partial charge < -0.3 is 76.4 Å². The maximum atomic E-state index is 14.2. The van der Waals surface area contributed by atoms with E-state index in [1.807, 2.05) is 0 Å². The summed E-state index contributed by atoms with van der Waals surface area (Å²) in [4.78, 5) is 151. The second-order valence-electron chi connectivity index (χ2n) is 22.8. The number of H-pyrrole nitrogens is 3. The number of aromatic nitrogens is 14. The first kappa shape index (κ1) is 71.3. The van der Waals surface area contributed by atoms with Crippen molar-refractivity contribution in [3.63, 3.8) is 0 Å². The lowest BCUT2D eigenvalue weighted by Crippen LogP contribution is -2.33. The molecule has 538 valence electrons. The quantitative estimate of drug-likeness (QED) is 0.0237. The van der Waals surface area contributed by atoms with Gasteiger partial charge in [-0.25, -0.2) is 42.6 Å². The summed E-state index contributed by atoms with van der Waals surface area (Å²) >= 11 is 0. The molecule has 0 amide bonds. The number of aliphatic hydroxyl groups is 2. The summed E-state index contributed by atoms with van der Waals surface area (Å²) in [6, 6.07) is 2.50. The first-order chi connectivity index (χ1) is 46.8. The first-order valence-electron chi connectivity index (χ1n) is 29.4. The number of hydrogen-bond donors (Lipinski definition) is 13. The summed E-state index contributed by atoms with van der Waals surface area (Å²) < 4.78 is 134. The average molecular weight is 1480 g/mol. The van der Waals surface area contributed by atoms with Gasteiger partial charge in [0.05, 0.1) is 51.8 Å². The van der Waals surface area contributed by atoms with E-state index >= 15 is 0 Å². The van der Waals surface area contributed by atoms with Gasteiger partial charge in [-0.15, -0.1) is 0 Å². The van der Waals surface area contributed by atoms with Gasteiger partial charge in [0.2, 0.25) is 11.9 Å². The Kier molecular flexibility index (Phi) is 20.3. The Morgan fingerprint density at radius 2 is 0.848 bits per heavy atom. The molecule has 0 aromatic carbocycles. The molecule has 12 heterocycles. The van der Waals surface area contributed by atoms with Crippen LogP contribution in [0.15, 0.2) is 72.1 Å². The standard InChI is InChI=1S/C48H62N18O29P4/c1-19-11-64(48(74)61-41(19)69)35-9-23(94-98(79,80)85-14-27-22(8-34(89-27)63-5-3-31(50)56-47(63)73)93-96(75,76)83-13-26-20(68)6-32(88-26)65-17-53-37-39(65)57-44(51)59-42(37)70)28(90-35)15-86-99(81,82)95-24-10-36(66-18-54-38-40(66)58-45(52)60-43(38)71)91-29(24)16-84-97(77,78)92-21-7-33(87-25(21)12-67)62-4-2-30(49)55-46(62)72/h2-5,11,17-18,20-29,32-36,67-68H,6-10,12-16H2,1H3,(H,75,76)(H,77,78)(H,79,80)(H,81,82)(H2,49,55,72)(H2,50,56,73)(H,61,69,74)(H3,51,57,59,70)(H3,52,58,60,71)/t20-,21-,22-,23-,24-,25+,26+,27+,28+,29+,32+,33+,34+,35+,36+/m0/s1. The normalized spacial score (nSPS) is 29.7. The molecule has 47 nitrogen and oxygen atoms in total. The van der Waals surface area contributed by atoms with E-state index in [4.69, 9.17) is 82.8 Å². The fraction of sp³-hybridized carbons (Fsp3) is 0.542. The fourth-order valence-corrected chi connectivity index (χ4v) is 15.3. The Bertz CT molecular complexity index is 4780. The Morgan fingerprint density at radius 1 is 0.495 bits per heavy atom. The van der Waals surface area contributed by atoms with Crippen LogP contribution in [-0.4, -0.2) is 192 Å². The number of fused-ring (bicyclic) bond motifs is 2. The largest absolute Gasteiger partial charge is 0.472 e.